The Kier molecular flexibility index (Phi) is 2.65. The lowest BCUT2D eigenvalue weighted by Gasteiger charge is -2.07. The van der Waals surface area contributed by atoms with Gasteiger partial charge in [-0.15, -0.1) is 11.6 Å². The molecule has 0 saturated heterocycles. The second-order valence-corrected chi connectivity index (χ2v) is 2.63. The number of nitrogens with zero attached hydrogens (tertiary/aromatic N) is 1. The van der Waals surface area contributed by atoms with E-state index in [0.717, 1.165) is 5.57 Å². The molecule has 0 bridgehead atoms. The lowest BCUT2D eigenvalue weighted by Crippen LogP contribution is -2.17. The summed E-state index contributed by atoms with van der Waals surface area (Å²) in [5, 5.41) is 10.2. The molecule has 0 radical (unpaired) electrons. The quantitative estimate of drug-likeness (QED) is 0.363. The summed E-state index contributed by atoms with van der Waals surface area (Å²) in [5.74, 6) is 0.431. The minimum atomic E-state index is -0.554. The molecule has 1 atom stereocenters. The summed E-state index contributed by atoms with van der Waals surface area (Å²) in [5.41, 5.74) is 0.963. The Labute approximate surface area is 69.5 Å². The Morgan fingerprint density at radius 2 is 2.55 bits per heavy atom. The van der Waals surface area contributed by atoms with E-state index in [1.165, 1.54) is 0 Å². The zero-order chi connectivity index (χ0) is 8.27. The maximum Gasteiger partial charge on any atom is 0.235 e. The van der Waals surface area contributed by atoms with Crippen molar-refractivity contribution in [2.24, 2.45) is 0 Å². The summed E-state index contributed by atoms with van der Waals surface area (Å²) in [4.78, 5) is 9.95. The molecular formula is C7H8ClNO2. The highest BCUT2D eigenvalue weighted by Crippen LogP contribution is 2.13. The lowest BCUT2D eigenvalue weighted by atomic mass is 10.1. The first kappa shape index (κ1) is 8.27. The van der Waals surface area contributed by atoms with Crippen LogP contribution in [0.4, 0.5) is 0 Å². The molecule has 0 aromatic rings. The summed E-state index contributed by atoms with van der Waals surface area (Å²) in [6.07, 6.45) is 5.56. The van der Waals surface area contributed by atoms with Crippen LogP contribution in [0.3, 0.4) is 0 Å². The molecule has 0 spiro atoms. The number of rotatable bonds is 2. The van der Waals surface area contributed by atoms with Gasteiger partial charge in [0.25, 0.3) is 0 Å². The third-order valence-electron chi connectivity index (χ3n) is 1.58. The van der Waals surface area contributed by atoms with Gasteiger partial charge in [0.05, 0.1) is 0 Å². The van der Waals surface area contributed by atoms with Crippen molar-refractivity contribution < 1.29 is 4.92 Å². The summed E-state index contributed by atoms with van der Waals surface area (Å²) < 4.78 is 0. The Hall–Kier alpha value is -0.830. The maximum absolute atomic E-state index is 10.2. The molecule has 0 aromatic carbocycles. The summed E-state index contributed by atoms with van der Waals surface area (Å²) in [6.45, 7) is 0. The number of hydrogen-bond acceptors (Lipinski definition) is 2. The molecule has 60 valence electrons. The van der Waals surface area contributed by atoms with E-state index in [2.05, 4.69) is 0 Å². The first-order valence-electron chi connectivity index (χ1n) is 3.30. The fourth-order valence-electron chi connectivity index (χ4n) is 0.909. The Bertz CT molecular complexity index is 222. The molecule has 3 nitrogen and oxygen atoms in total. The van der Waals surface area contributed by atoms with Gasteiger partial charge in [-0.3, -0.25) is 10.1 Å². The molecule has 11 heavy (non-hydrogen) atoms. The SMILES string of the molecule is O=[N+]([O-])[C@H]1C=CC(CCl)=CC1. The monoisotopic (exact) mass is 173 g/mol. The Morgan fingerprint density at radius 1 is 1.82 bits per heavy atom. The second-order valence-electron chi connectivity index (χ2n) is 2.36. The van der Waals surface area contributed by atoms with Gasteiger partial charge < -0.3 is 0 Å². The molecule has 0 amide bonds. The van der Waals surface area contributed by atoms with Crippen LogP contribution in [0.2, 0.25) is 0 Å². The first-order chi connectivity index (χ1) is 5.24. The number of allylic oxidation sites excluding steroid dienone is 2. The van der Waals surface area contributed by atoms with Gasteiger partial charge in [0.2, 0.25) is 6.04 Å². The molecule has 0 aromatic heterocycles. The third kappa shape index (κ3) is 2.05. The summed E-state index contributed by atoms with van der Waals surface area (Å²) in [7, 11) is 0. The van der Waals surface area contributed by atoms with Crippen LogP contribution < -0.4 is 0 Å². The van der Waals surface area contributed by atoms with Gasteiger partial charge in [-0.1, -0.05) is 12.2 Å². The van der Waals surface area contributed by atoms with Gasteiger partial charge in [0.15, 0.2) is 0 Å². The van der Waals surface area contributed by atoms with E-state index < -0.39 is 6.04 Å². The van der Waals surface area contributed by atoms with Crippen LogP contribution in [-0.4, -0.2) is 16.8 Å². The van der Waals surface area contributed by atoms with Gasteiger partial charge in [-0.2, -0.15) is 0 Å². The van der Waals surface area contributed by atoms with Crippen molar-refractivity contribution in [3.8, 4) is 0 Å². The summed E-state index contributed by atoms with van der Waals surface area (Å²) >= 11 is 5.52. The van der Waals surface area contributed by atoms with Crippen LogP contribution in [0.15, 0.2) is 23.8 Å². The van der Waals surface area contributed by atoms with E-state index in [-0.39, 0.29) is 4.92 Å². The smallest absolute Gasteiger partial charge is 0.235 e. The average Bonchev–Trinajstić information content (AvgIpc) is 2.05. The minimum absolute atomic E-state index is 0.294. The van der Waals surface area contributed by atoms with Crippen molar-refractivity contribution in [3.05, 3.63) is 33.9 Å². The standard InChI is InChI=1S/C7H8ClNO2/c8-5-6-1-3-7(4-2-6)9(10)11/h1-3,7H,4-5H2/t7-/m0/s1. The molecule has 1 rings (SSSR count). The number of hydrogen-bond donors (Lipinski definition) is 0. The predicted octanol–water partition coefficient (Wildman–Crippen LogP) is 1.76. The molecular weight excluding hydrogens is 166 g/mol. The number of alkyl halides is 1. The first-order valence-corrected chi connectivity index (χ1v) is 3.84. The minimum Gasteiger partial charge on any atom is -0.264 e. The zero-order valence-electron chi connectivity index (χ0n) is 5.87. The predicted molar refractivity (Wildman–Crippen MR) is 43.3 cm³/mol. The second kappa shape index (κ2) is 3.53. The van der Waals surface area contributed by atoms with Gasteiger partial charge in [0, 0.05) is 17.2 Å². The maximum atomic E-state index is 10.2. The van der Waals surface area contributed by atoms with Crippen molar-refractivity contribution in [3.63, 3.8) is 0 Å². The van der Waals surface area contributed by atoms with E-state index in [9.17, 15) is 10.1 Å². The van der Waals surface area contributed by atoms with Crippen LogP contribution >= 0.6 is 11.6 Å². The van der Waals surface area contributed by atoms with Crippen LogP contribution in [0, 0.1) is 10.1 Å². The van der Waals surface area contributed by atoms with Gasteiger partial charge in [-0.05, 0) is 11.6 Å². The van der Waals surface area contributed by atoms with Crippen LogP contribution in [0.1, 0.15) is 6.42 Å². The van der Waals surface area contributed by atoms with Crippen molar-refractivity contribution in [2.75, 3.05) is 5.88 Å². The molecule has 0 aliphatic heterocycles. The van der Waals surface area contributed by atoms with E-state index in [1.807, 2.05) is 0 Å². The largest absolute Gasteiger partial charge is 0.264 e. The molecule has 0 fully saturated rings. The van der Waals surface area contributed by atoms with Crippen LogP contribution in [-0.2, 0) is 0 Å². The van der Waals surface area contributed by atoms with Crippen molar-refractivity contribution in [1.29, 1.82) is 0 Å². The Morgan fingerprint density at radius 3 is 2.91 bits per heavy atom. The Balaban J connectivity index is 2.57. The van der Waals surface area contributed by atoms with Crippen molar-refractivity contribution >= 4 is 11.6 Å². The number of halogens is 1. The normalized spacial score (nSPS) is 23.0. The van der Waals surface area contributed by atoms with E-state index in [1.54, 1.807) is 18.2 Å². The molecule has 0 N–H and O–H groups in total. The van der Waals surface area contributed by atoms with Gasteiger partial charge >= 0.3 is 0 Å². The highest BCUT2D eigenvalue weighted by Gasteiger charge is 2.17. The van der Waals surface area contributed by atoms with Gasteiger partial charge in [0.1, 0.15) is 0 Å². The highest BCUT2D eigenvalue weighted by molar-refractivity contribution is 6.19. The summed E-state index contributed by atoms with van der Waals surface area (Å²) in [6, 6.07) is -0.554. The zero-order valence-corrected chi connectivity index (χ0v) is 6.62. The topological polar surface area (TPSA) is 43.1 Å². The molecule has 0 heterocycles. The van der Waals surface area contributed by atoms with Gasteiger partial charge in [-0.25, -0.2) is 0 Å². The third-order valence-corrected chi connectivity index (χ3v) is 1.89. The van der Waals surface area contributed by atoms with E-state index >= 15 is 0 Å². The van der Waals surface area contributed by atoms with Crippen LogP contribution in [0.25, 0.3) is 0 Å². The molecule has 1 aliphatic carbocycles. The molecule has 0 unspecified atom stereocenters. The van der Waals surface area contributed by atoms with E-state index in [4.69, 9.17) is 11.6 Å². The molecule has 1 aliphatic rings. The number of nitro groups is 1. The van der Waals surface area contributed by atoms with Crippen molar-refractivity contribution in [1.82, 2.24) is 0 Å². The van der Waals surface area contributed by atoms with Crippen LogP contribution in [0.5, 0.6) is 0 Å². The fraction of sp³-hybridized carbons (Fsp3) is 0.429. The highest BCUT2D eigenvalue weighted by atomic mass is 35.5. The lowest BCUT2D eigenvalue weighted by molar-refractivity contribution is -0.508. The molecule has 4 heteroatoms. The molecule has 0 saturated carbocycles. The average molecular weight is 174 g/mol. The fourth-order valence-corrected chi connectivity index (χ4v) is 1.11. The van der Waals surface area contributed by atoms with Crippen molar-refractivity contribution in [2.45, 2.75) is 12.5 Å². The van der Waals surface area contributed by atoms with E-state index in [0.29, 0.717) is 12.3 Å².